The van der Waals surface area contributed by atoms with Crippen molar-refractivity contribution in [2.45, 2.75) is 54.6 Å². The Balaban J connectivity index is 0.00000218. The van der Waals surface area contributed by atoms with Gasteiger partial charge in [0.15, 0.2) is 0 Å². The van der Waals surface area contributed by atoms with Crippen LogP contribution in [0.2, 0.25) is 0 Å². The van der Waals surface area contributed by atoms with Gasteiger partial charge in [-0.15, -0.1) is 0 Å². The van der Waals surface area contributed by atoms with Crippen LogP contribution in [0, 0.1) is 11.8 Å². The number of benzene rings is 2. The fourth-order valence-corrected chi connectivity index (χ4v) is 2.36. The van der Waals surface area contributed by atoms with Crippen LogP contribution >= 0.6 is 0 Å². The SMILES string of the molecule is CC.CC(C)COc1ccc(CNC(=O)NCc2ccc(OCC(C)C)cc2)cc1. The monoisotopic (exact) mass is 414 g/mol. The predicted octanol–water partition coefficient (Wildman–Crippen LogP) is 5.78. The molecule has 0 saturated carbocycles. The molecule has 0 aliphatic carbocycles. The van der Waals surface area contributed by atoms with Gasteiger partial charge >= 0.3 is 6.03 Å². The molecule has 30 heavy (non-hydrogen) atoms. The Hall–Kier alpha value is -2.69. The Labute approximate surface area is 182 Å². The fraction of sp³-hybridized carbons (Fsp3) is 0.480. The van der Waals surface area contributed by atoms with Crippen LogP contribution in [0.25, 0.3) is 0 Å². The molecule has 0 bridgehead atoms. The number of carbonyl (C=O) groups excluding carboxylic acids is 1. The maximum absolute atomic E-state index is 12.0. The Morgan fingerprint density at radius 1 is 0.700 bits per heavy atom. The molecule has 0 heterocycles. The van der Waals surface area contributed by atoms with E-state index in [0.29, 0.717) is 38.1 Å². The van der Waals surface area contributed by atoms with Gasteiger partial charge in [0.2, 0.25) is 0 Å². The molecule has 2 N–H and O–H groups in total. The molecule has 5 nitrogen and oxygen atoms in total. The molecule has 0 aromatic heterocycles. The van der Waals surface area contributed by atoms with Gasteiger partial charge in [0, 0.05) is 13.1 Å². The second-order valence-corrected chi connectivity index (χ2v) is 7.73. The summed E-state index contributed by atoms with van der Waals surface area (Å²) in [5, 5.41) is 5.73. The van der Waals surface area contributed by atoms with Crippen LogP contribution in [0.15, 0.2) is 48.5 Å². The zero-order valence-electron chi connectivity index (χ0n) is 19.3. The summed E-state index contributed by atoms with van der Waals surface area (Å²) >= 11 is 0. The van der Waals surface area contributed by atoms with Gasteiger partial charge in [-0.05, 0) is 47.2 Å². The molecule has 0 unspecified atom stereocenters. The van der Waals surface area contributed by atoms with E-state index in [-0.39, 0.29) is 6.03 Å². The molecule has 2 amide bonds. The van der Waals surface area contributed by atoms with Crippen LogP contribution in [0.3, 0.4) is 0 Å². The molecule has 0 atom stereocenters. The van der Waals surface area contributed by atoms with Gasteiger partial charge in [0.1, 0.15) is 11.5 Å². The molecule has 0 saturated heterocycles. The number of amides is 2. The summed E-state index contributed by atoms with van der Waals surface area (Å²) in [6.45, 7) is 14.8. The van der Waals surface area contributed by atoms with Gasteiger partial charge in [0.25, 0.3) is 0 Å². The van der Waals surface area contributed by atoms with E-state index in [4.69, 9.17) is 9.47 Å². The van der Waals surface area contributed by atoms with Crippen molar-refractivity contribution in [1.29, 1.82) is 0 Å². The van der Waals surface area contributed by atoms with Gasteiger partial charge in [-0.1, -0.05) is 65.8 Å². The van der Waals surface area contributed by atoms with Crippen LogP contribution in [-0.4, -0.2) is 19.2 Å². The fourth-order valence-electron chi connectivity index (χ4n) is 2.36. The molecule has 0 spiro atoms. The summed E-state index contributed by atoms with van der Waals surface area (Å²) in [7, 11) is 0. The van der Waals surface area contributed by atoms with E-state index < -0.39 is 0 Å². The van der Waals surface area contributed by atoms with Gasteiger partial charge in [-0.3, -0.25) is 0 Å². The summed E-state index contributed by atoms with van der Waals surface area (Å²) in [5.74, 6) is 2.69. The molecule has 0 aliphatic rings. The molecule has 0 radical (unpaired) electrons. The van der Waals surface area contributed by atoms with E-state index in [1.54, 1.807) is 0 Å². The van der Waals surface area contributed by atoms with Crippen molar-refractivity contribution in [3.05, 3.63) is 59.7 Å². The number of urea groups is 1. The minimum absolute atomic E-state index is 0.194. The Morgan fingerprint density at radius 3 is 1.33 bits per heavy atom. The van der Waals surface area contributed by atoms with Crippen LogP contribution in [-0.2, 0) is 13.1 Å². The lowest BCUT2D eigenvalue weighted by Gasteiger charge is -2.11. The van der Waals surface area contributed by atoms with Crippen LogP contribution < -0.4 is 20.1 Å². The molecule has 2 rings (SSSR count). The lowest BCUT2D eigenvalue weighted by Crippen LogP contribution is -2.34. The van der Waals surface area contributed by atoms with Crippen molar-refractivity contribution in [2.24, 2.45) is 11.8 Å². The maximum atomic E-state index is 12.0. The topological polar surface area (TPSA) is 59.6 Å². The van der Waals surface area contributed by atoms with Crippen molar-refractivity contribution in [1.82, 2.24) is 10.6 Å². The third-order valence-corrected chi connectivity index (χ3v) is 3.92. The second kappa shape index (κ2) is 14.3. The third kappa shape index (κ3) is 10.7. The smallest absolute Gasteiger partial charge is 0.315 e. The first-order valence-corrected chi connectivity index (χ1v) is 10.9. The van der Waals surface area contributed by atoms with Gasteiger partial charge in [-0.25, -0.2) is 4.79 Å². The molecular formula is C25H38N2O3. The highest BCUT2D eigenvalue weighted by Crippen LogP contribution is 2.14. The predicted molar refractivity (Wildman–Crippen MR) is 124 cm³/mol. The molecule has 0 fully saturated rings. The molecule has 2 aromatic rings. The zero-order valence-corrected chi connectivity index (χ0v) is 19.3. The number of rotatable bonds is 10. The van der Waals surface area contributed by atoms with E-state index in [2.05, 4.69) is 38.3 Å². The Bertz CT molecular complexity index is 649. The summed E-state index contributed by atoms with van der Waals surface area (Å²) < 4.78 is 11.3. The number of carbonyl (C=O) groups is 1. The average molecular weight is 415 g/mol. The van der Waals surface area contributed by atoms with E-state index >= 15 is 0 Å². The van der Waals surface area contributed by atoms with Crippen LogP contribution in [0.4, 0.5) is 4.79 Å². The summed E-state index contributed by atoms with van der Waals surface area (Å²) in [5.41, 5.74) is 2.05. The molecule has 166 valence electrons. The standard InChI is InChI=1S/C23H32N2O3.C2H6/c1-17(2)15-27-21-9-5-19(6-10-21)13-24-23(26)25-14-20-7-11-22(12-8-20)28-16-18(3)4;1-2/h5-12,17-18H,13-16H2,1-4H3,(H2,24,25,26);1-2H3. The largest absolute Gasteiger partial charge is 0.493 e. The summed E-state index contributed by atoms with van der Waals surface area (Å²) in [4.78, 5) is 12.0. The molecule has 0 aliphatic heterocycles. The average Bonchev–Trinajstić information content (AvgIpc) is 2.76. The van der Waals surface area contributed by atoms with Crippen LogP contribution in [0.5, 0.6) is 11.5 Å². The van der Waals surface area contributed by atoms with E-state index in [9.17, 15) is 4.79 Å². The zero-order chi connectivity index (χ0) is 22.4. The summed E-state index contributed by atoms with van der Waals surface area (Å²) in [6, 6.07) is 15.4. The van der Waals surface area contributed by atoms with E-state index in [1.807, 2.05) is 62.4 Å². The van der Waals surface area contributed by atoms with Crippen molar-refractivity contribution < 1.29 is 14.3 Å². The third-order valence-electron chi connectivity index (χ3n) is 3.92. The maximum Gasteiger partial charge on any atom is 0.315 e. The molecule has 5 heteroatoms. The lowest BCUT2D eigenvalue weighted by atomic mass is 10.2. The Morgan fingerprint density at radius 2 is 1.03 bits per heavy atom. The van der Waals surface area contributed by atoms with Gasteiger partial charge in [0.05, 0.1) is 13.2 Å². The quantitative estimate of drug-likeness (QED) is 0.518. The van der Waals surface area contributed by atoms with E-state index in [1.165, 1.54) is 0 Å². The van der Waals surface area contributed by atoms with Crippen molar-refractivity contribution in [3.63, 3.8) is 0 Å². The molecular weight excluding hydrogens is 376 g/mol. The van der Waals surface area contributed by atoms with Crippen molar-refractivity contribution >= 4 is 6.03 Å². The summed E-state index contributed by atoms with van der Waals surface area (Å²) in [6.07, 6.45) is 0. The highest BCUT2D eigenvalue weighted by molar-refractivity contribution is 5.73. The molecule has 2 aromatic carbocycles. The second-order valence-electron chi connectivity index (χ2n) is 7.73. The van der Waals surface area contributed by atoms with Crippen molar-refractivity contribution in [2.75, 3.05) is 13.2 Å². The highest BCUT2D eigenvalue weighted by Gasteiger charge is 2.03. The Kier molecular flexibility index (Phi) is 12.1. The van der Waals surface area contributed by atoms with Gasteiger partial charge < -0.3 is 20.1 Å². The van der Waals surface area contributed by atoms with Crippen LogP contribution in [0.1, 0.15) is 52.7 Å². The highest BCUT2D eigenvalue weighted by atomic mass is 16.5. The minimum atomic E-state index is -0.194. The number of nitrogens with one attached hydrogen (secondary N) is 2. The number of hydrogen-bond acceptors (Lipinski definition) is 3. The van der Waals surface area contributed by atoms with Gasteiger partial charge in [-0.2, -0.15) is 0 Å². The number of ether oxygens (including phenoxy) is 2. The normalized spacial score (nSPS) is 10.3. The first kappa shape index (κ1) is 25.3. The van der Waals surface area contributed by atoms with E-state index in [0.717, 1.165) is 22.6 Å². The van der Waals surface area contributed by atoms with Crippen molar-refractivity contribution in [3.8, 4) is 11.5 Å². The lowest BCUT2D eigenvalue weighted by molar-refractivity contribution is 0.240. The minimum Gasteiger partial charge on any atom is -0.493 e. The first-order chi connectivity index (χ1) is 14.4. The first-order valence-electron chi connectivity index (χ1n) is 10.9. The number of hydrogen-bond donors (Lipinski definition) is 2.